The lowest BCUT2D eigenvalue weighted by Crippen LogP contribution is -2.28. The summed E-state index contributed by atoms with van der Waals surface area (Å²) in [6.45, 7) is 5.36. The smallest absolute Gasteiger partial charge is 0.244 e. The van der Waals surface area contributed by atoms with Gasteiger partial charge in [0.2, 0.25) is 10.0 Å². The zero-order valence-corrected chi connectivity index (χ0v) is 12.9. The average Bonchev–Trinajstić information content (AvgIpc) is 2.77. The van der Waals surface area contributed by atoms with Crippen LogP contribution >= 0.6 is 0 Å². The number of hydrazine groups is 1. The molecule has 0 aliphatic heterocycles. The Bertz CT molecular complexity index is 740. The average molecular weight is 310 g/mol. The molecule has 4 N–H and O–H groups in total. The first kappa shape index (κ1) is 15.5. The zero-order chi connectivity index (χ0) is 15.6. The number of rotatable bonds is 5. The van der Waals surface area contributed by atoms with Crippen molar-refractivity contribution in [1.82, 2.24) is 9.71 Å². The van der Waals surface area contributed by atoms with Crippen LogP contribution in [-0.2, 0) is 10.0 Å². The van der Waals surface area contributed by atoms with Gasteiger partial charge in [0.05, 0.1) is 0 Å². The molecule has 2 rings (SSSR count). The van der Waals surface area contributed by atoms with E-state index in [-0.39, 0.29) is 10.7 Å². The number of nitrogens with one attached hydrogen (secondary N) is 2. The maximum absolute atomic E-state index is 12.4. The second kappa shape index (κ2) is 5.84. The van der Waals surface area contributed by atoms with E-state index in [9.17, 15) is 8.42 Å². The lowest BCUT2D eigenvalue weighted by molar-refractivity contribution is 0.496. The van der Waals surface area contributed by atoms with E-state index in [2.05, 4.69) is 15.1 Å². The van der Waals surface area contributed by atoms with Crippen LogP contribution in [0.5, 0.6) is 0 Å². The van der Waals surface area contributed by atoms with Gasteiger partial charge in [-0.25, -0.2) is 24.0 Å². The Morgan fingerprint density at radius 3 is 2.67 bits per heavy atom. The molecule has 0 saturated carbocycles. The molecule has 1 unspecified atom stereocenters. The van der Waals surface area contributed by atoms with E-state index in [1.165, 1.54) is 18.3 Å². The minimum Gasteiger partial charge on any atom is -0.466 e. The van der Waals surface area contributed by atoms with Crippen molar-refractivity contribution >= 4 is 15.8 Å². The second-order valence-corrected chi connectivity index (χ2v) is 6.39. The van der Waals surface area contributed by atoms with Crippen LogP contribution in [0.3, 0.4) is 0 Å². The summed E-state index contributed by atoms with van der Waals surface area (Å²) in [6.07, 6.45) is 1.46. The molecule has 0 amide bonds. The minimum atomic E-state index is -3.75. The summed E-state index contributed by atoms with van der Waals surface area (Å²) in [6, 6.07) is 4.35. The first-order valence-corrected chi connectivity index (χ1v) is 7.84. The number of furan rings is 1. The molecule has 2 heterocycles. The summed E-state index contributed by atoms with van der Waals surface area (Å²) < 4.78 is 32.9. The fraction of sp³-hybridized carbons (Fsp3) is 0.308. The van der Waals surface area contributed by atoms with Crippen LogP contribution in [0.1, 0.15) is 30.0 Å². The Kier molecular flexibility index (Phi) is 4.31. The number of nitrogens with two attached hydrogens (primary N) is 1. The van der Waals surface area contributed by atoms with E-state index in [1.807, 2.05) is 13.0 Å². The third-order valence-electron chi connectivity index (χ3n) is 3.07. The summed E-state index contributed by atoms with van der Waals surface area (Å²) in [5.41, 5.74) is 3.08. The first-order chi connectivity index (χ1) is 9.85. The van der Waals surface area contributed by atoms with Gasteiger partial charge in [-0.1, -0.05) is 0 Å². The number of pyridine rings is 1. The quantitative estimate of drug-likeness (QED) is 0.571. The highest BCUT2D eigenvalue weighted by Gasteiger charge is 2.23. The van der Waals surface area contributed by atoms with Gasteiger partial charge in [-0.3, -0.25) is 0 Å². The van der Waals surface area contributed by atoms with Crippen LogP contribution in [0.25, 0.3) is 0 Å². The molecular weight excluding hydrogens is 292 g/mol. The fourth-order valence-electron chi connectivity index (χ4n) is 2.16. The fourth-order valence-corrected chi connectivity index (χ4v) is 3.50. The number of sulfonamides is 1. The highest BCUT2D eigenvalue weighted by molar-refractivity contribution is 7.89. The number of aryl methyl sites for hydroxylation is 2. The number of aromatic nitrogens is 1. The molecule has 0 bridgehead atoms. The summed E-state index contributed by atoms with van der Waals surface area (Å²) in [7, 11) is -3.75. The molecule has 0 saturated heterocycles. The van der Waals surface area contributed by atoms with Gasteiger partial charge < -0.3 is 9.84 Å². The molecule has 0 radical (unpaired) electrons. The monoisotopic (exact) mass is 310 g/mol. The molecule has 2 aromatic heterocycles. The van der Waals surface area contributed by atoms with Crippen LogP contribution in [0.4, 0.5) is 5.82 Å². The Morgan fingerprint density at radius 1 is 1.38 bits per heavy atom. The van der Waals surface area contributed by atoms with Crippen molar-refractivity contribution in [2.24, 2.45) is 5.84 Å². The lowest BCUT2D eigenvalue weighted by Gasteiger charge is -2.15. The van der Waals surface area contributed by atoms with Crippen molar-refractivity contribution < 1.29 is 12.8 Å². The number of hydrogen-bond donors (Lipinski definition) is 3. The third kappa shape index (κ3) is 3.23. The molecular formula is C13H18N4O3S. The van der Waals surface area contributed by atoms with Gasteiger partial charge in [-0.15, -0.1) is 0 Å². The van der Waals surface area contributed by atoms with Crippen LogP contribution in [0.15, 0.2) is 33.7 Å². The maximum atomic E-state index is 12.4. The topological polar surface area (TPSA) is 110 Å². The molecule has 114 valence electrons. The van der Waals surface area contributed by atoms with Gasteiger partial charge in [0.15, 0.2) is 5.82 Å². The van der Waals surface area contributed by atoms with Gasteiger partial charge in [-0.2, -0.15) is 0 Å². The molecule has 21 heavy (non-hydrogen) atoms. The summed E-state index contributed by atoms with van der Waals surface area (Å²) >= 11 is 0. The minimum absolute atomic E-state index is 0.00257. The van der Waals surface area contributed by atoms with Crippen molar-refractivity contribution in [2.75, 3.05) is 5.43 Å². The van der Waals surface area contributed by atoms with E-state index in [0.29, 0.717) is 5.76 Å². The molecule has 1 atom stereocenters. The molecule has 0 aliphatic carbocycles. The Morgan fingerprint density at radius 2 is 2.10 bits per heavy atom. The van der Waals surface area contributed by atoms with Crippen LogP contribution in [-0.4, -0.2) is 13.4 Å². The van der Waals surface area contributed by atoms with Crippen molar-refractivity contribution in [1.29, 1.82) is 0 Å². The Balaban J connectivity index is 2.31. The number of hydrogen-bond acceptors (Lipinski definition) is 6. The van der Waals surface area contributed by atoms with E-state index in [0.717, 1.165) is 11.3 Å². The number of nitrogen functional groups attached to an aromatic ring is 1. The second-order valence-electron chi connectivity index (χ2n) is 4.71. The summed E-state index contributed by atoms with van der Waals surface area (Å²) in [5.74, 6) is 6.81. The van der Waals surface area contributed by atoms with Gasteiger partial charge >= 0.3 is 0 Å². The van der Waals surface area contributed by atoms with Gasteiger partial charge in [0.25, 0.3) is 0 Å². The Hall–Kier alpha value is -1.90. The number of anilines is 1. The van der Waals surface area contributed by atoms with Crippen molar-refractivity contribution in [3.05, 3.63) is 41.5 Å². The zero-order valence-electron chi connectivity index (χ0n) is 12.0. The van der Waals surface area contributed by atoms with Crippen molar-refractivity contribution in [3.63, 3.8) is 0 Å². The number of nitrogens with zero attached hydrogens (tertiary/aromatic N) is 1. The lowest BCUT2D eigenvalue weighted by atomic mass is 10.1. The molecule has 8 heteroatoms. The Labute approximate surface area is 123 Å². The van der Waals surface area contributed by atoms with E-state index in [1.54, 1.807) is 13.8 Å². The molecule has 0 fully saturated rings. The normalized spacial score (nSPS) is 13.1. The SMILES string of the molecule is Cc1cc(C(C)NS(=O)(=O)c2cccnc2NN)c(C)o1. The molecule has 7 nitrogen and oxygen atoms in total. The van der Waals surface area contributed by atoms with Crippen LogP contribution < -0.4 is 16.0 Å². The predicted molar refractivity (Wildman–Crippen MR) is 79.0 cm³/mol. The highest BCUT2D eigenvalue weighted by Crippen LogP contribution is 2.24. The van der Waals surface area contributed by atoms with Gasteiger partial charge in [-0.05, 0) is 39.0 Å². The molecule has 0 aliphatic rings. The summed E-state index contributed by atoms with van der Waals surface area (Å²) in [5, 5.41) is 0. The van der Waals surface area contributed by atoms with Crippen LogP contribution in [0, 0.1) is 13.8 Å². The van der Waals surface area contributed by atoms with Crippen molar-refractivity contribution in [2.45, 2.75) is 31.7 Å². The van der Waals surface area contributed by atoms with E-state index >= 15 is 0 Å². The third-order valence-corrected chi connectivity index (χ3v) is 4.65. The van der Waals surface area contributed by atoms with E-state index < -0.39 is 16.1 Å². The van der Waals surface area contributed by atoms with Crippen LogP contribution in [0.2, 0.25) is 0 Å². The van der Waals surface area contributed by atoms with Gasteiger partial charge in [0, 0.05) is 17.8 Å². The standard InChI is InChI=1S/C13H18N4O3S/c1-8-7-11(10(3)20-8)9(2)17-21(18,19)12-5-4-6-15-13(12)16-14/h4-7,9,17H,14H2,1-3H3,(H,15,16). The first-order valence-electron chi connectivity index (χ1n) is 6.36. The molecule has 0 spiro atoms. The van der Waals surface area contributed by atoms with Gasteiger partial charge in [0.1, 0.15) is 16.4 Å². The van der Waals surface area contributed by atoms with Crippen molar-refractivity contribution in [3.8, 4) is 0 Å². The van der Waals surface area contributed by atoms with E-state index in [4.69, 9.17) is 10.3 Å². The maximum Gasteiger partial charge on any atom is 0.244 e. The predicted octanol–water partition coefficient (Wildman–Crippen LogP) is 1.62. The summed E-state index contributed by atoms with van der Waals surface area (Å²) in [4.78, 5) is 3.89. The molecule has 2 aromatic rings. The largest absolute Gasteiger partial charge is 0.466 e. The highest BCUT2D eigenvalue weighted by atomic mass is 32.2. The molecule has 0 aromatic carbocycles.